The van der Waals surface area contributed by atoms with Crippen molar-refractivity contribution < 1.29 is 4.79 Å². The zero-order valence-electron chi connectivity index (χ0n) is 16.1. The normalized spacial score (nSPS) is 12.3. The molecule has 1 unspecified atom stereocenters. The van der Waals surface area contributed by atoms with Gasteiger partial charge in [0.25, 0.3) is 5.78 Å². The molecule has 1 amide bonds. The van der Waals surface area contributed by atoms with E-state index < -0.39 is 0 Å². The Kier molecular flexibility index (Phi) is 6.06. The maximum absolute atomic E-state index is 12.6. The number of hydrogen-bond acceptors (Lipinski definition) is 6. The molecule has 1 N–H and O–H groups in total. The van der Waals surface area contributed by atoms with Crippen molar-refractivity contribution in [1.82, 2.24) is 24.9 Å². The molecule has 142 valence electrons. The molecule has 1 aromatic carbocycles. The zero-order chi connectivity index (χ0) is 19.6. The molecule has 0 saturated carbocycles. The quantitative estimate of drug-likeness (QED) is 0.636. The third-order valence-corrected chi connectivity index (χ3v) is 5.82. The summed E-state index contributed by atoms with van der Waals surface area (Å²) >= 11 is 3.18. The molecule has 0 fully saturated rings. The Balaban J connectivity index is 1.76. The highest BCUT2D eigenvalue weighted by atomic mass is 32.2. The SMILES string of the molecule is CSc1ccc(C(C)NC(=O)Cc2c(C)nc3nc(SC)nn3c2C)cc1. The van der Waals surface area contributed by atoms with Crippen LogP contribution in [0.5, 0.6) is 0 Å². The molecule has 2 heterocycles. The molecule has 27 heavy (non-hydrogen) atoms. The summed E-state index contributed by atoms with van der Waals surface area (Å²) in [6, 6.07) is 8.20. The second kappa shape index (κ2) is 8.31. The number of thioether (sulfide) groups is 2. The Hall–Kier alpha value is -2.06. The zero-order valence-corrected chi connectivity index (χ0v) is 17.7. The summed E-state index contributed by atoms with van der Waals surface area (Å²) in [5, 5.41) is 8.19. The van der Waals surface area contributed by atoms with Crippen LogP contribution in [0.25, 0.3) is 5.78 Å². The molecule has 6 nitrogen and oxygen atoms in total. The Morgan fingerprint density at radius 3 is 2.48 bits per heavy atom. The fraction of sp³-hybridized carbons (Fsp3) is 0.368. The predicted octanol–water partition coefficient (Wildman–Crippen LogP) is 3.60. The lowest BCUT2D eigenvalue weighted by Gasteiger charge is -2.16. The summed E-state index contributed by atoms with van der Waals surface area (Å²) in [7, 11) is 0. The number of hydrogen-bond donors (Lipinski definition) is 1. The van der Waals surface area contributed by atoms with Gasteiger partial charge in [-0.25, -0.2) is 9.50 Å². The third kappa shape index (κ3) is 4.27. The number of aryl methyl sites for hydroxylation is 2. The van der Waals surface area contributed by atoms with Gasteiger partial charge in [0.15, 0.2) is 0 Å². The molecule has 3 rings (SSSR count). The average Bonchev–Trinajstić information content (AvgIpc) is 3.08. The maximum Gasteiger partial charge on any atom is 0.253 e. The highest BCUT2D eigenvalue weighted by molar-refractivity contribution is 7.98. The minimum atomic E-state index is -0.0554. The first-order valence-corrected chi connectivity index (χ1v) is 11.1. The van der Waals surface area contributed by atoms with Gasteiger partial charge >= 0.3 is 0 Å². The van der Waals surface area contributed by atoms with E-state index in [0.29, 0.717) is 10.9 Å². The number of nitrogens with zero attached hydrogens (tertiary/aromatic N) is 4. The summed E-state index contributed by atoms with van der Waals surface area (Å²) in [5.41, 5.74) is 3.69. The summed E-state index contributed by atoms with van der Waals surface area (Å²) < 4.78 is 1.71. The average molecular weight is 402 g/mol. The molecular formula is C19H23N5OS2. The van der Waals surface area contributed by atoms with Gasteiger partial charge in [0.1, 0.15) is 0 Å². The largest absolute Gasteiger partial charge is 0.349 e. The van der Waals surface area contributed by atoms with Crippen molar-refractivity contribution in [2.45, 2.75) is 43.3 Å². The molecule has 0 saturated heterocycles. The van der Waals surface area contributed by atoms with E-state index in [1.54, 1.807) is 16.3 Å². The van der Waals surface area contributed by atoms with Crippen LogP contribution in [0.4, 0.5) is 0 Å². The second-order valence-corrected chi connectivity index (χ2v) is 7.96. The van der Waals surface area contributed by atoms with Crippen molar-refractivity contribution in [3.8, 4) is 0 Å². The van der Waals surface area contributed by atoms with Gasteiger partial charge in [-0.3, -0.25) is 4.79 Å². The van der Waals surface area contributed by atoms with Gasteiger partial charge in [0, 0.05) is 21.8 Å². The first-order chi connectivity index (χ1) is 12.9. The number of aromatic nitrogens is 4. The molecule has 0 aliphatic carbocycles. The molecule has 0 aliphatic heterocycles. The van der Waals surface area contributed by atoms with E-state index in [0.717, 1.165) is 22.5 Å². The molecule has 1 atom stereocenters. The number of rotatable bonds is 6. The molecule has 0 radical (unpaired) electrons. The van der Waals surface area contributed by atoms with Gasteiger partial charge < -0.3 is 5.32 Å². The van der Waals surface area contributed by atoms with E-state index in [4.69, 9.17) is 0 Å². The number of benzene rings is 1. The Morgan fingerprint density at radius 1 is 1.15 bits per heavy atom. The van der Waals surface area contributed by atoms with E-state index in [1.807, 2.05) is 33.3 Å². The molecule has 0 spiro atoms. The third-order valence-electron chi connectivity index (χ3n) is 4.54. The summed E-state index contributed by atoms with van der Waals surface area (Å²) in [5.74, 6) is 0.537. The molecule has 8 heteroatoms. The highest BCUT2D eigenvalue weighted by Crippen LogP contribution is 2.20. The van der Waals surface area contributed by atoms with Crippen molar-refractivity contribution in [2.24, 2.45) is 0 Å². The van der Waals surface area contributed by atoms with Gasteiger partial charge in [-0.2, -0.15) is 4.98 Å². The van der Waals surface area contributed by atoms with Crippen LogP contribution in [-0.4, -0.2) is 38.0 Å². The Bertz CT molecular complexity index is 968. The molecule has 0 bridgehead atoms. The summed E-state index contributed by atoms with van der Waals surface area (Å²) in [6.07, 6.45) is 4.24. The minimum Gasteiger partial charge on any atom is -0.349 e. The van der Waals surface area contributed by atoms with E-state index >= 15 is 0 Å². The van der Waals surface area contributed by atoms with Crippen LogP contribution >= 0.6 is 23.5 Å². The molecule has 0 aliphatic rings. The van der Waals surface area contributed by atoms with Crippen LogP contribution < -0.4 is 5.32 Å². The van der Waals surface area contributed by atoms with Crippen LogP contribution in [0.1, 0.15) is 35.5 Å². The van der Waals surface area contributed by atoms with Gasteiger partial charge in [0.05, 0.1) is 12.5 Å². The van der Waals surface area contributed by atoms with Crippen LogP contribution in [0.2, 0.25) is 0 Å². The lowest BCUT2D eigenvalue weighted by molar-refractivity contribution is -0.121. The molecule has 2 aromatic heterocycles. The second-order valence-electron chi connectivity index (χ2n) is 6.31. The van der Waals surface area contributed by atoms with Crippen LogP contribution in [-0.2, 0) is 11.2 Å². The Labute approximate surface area is 167 Å². The van der Waals surface area contributed by atoms with Crippen LogP contribution in [0.15, 0.2) is 34.3 Å². The lowest BCUT2D eigenvalue weighted by Crippen LogP contribution is -2.29. The maximum atomic E-state index is 12.6. The highest BCUT2D eigenvalue weighted by Gasteiger charge is 2.17. The standard InChI is InChI=1S/C19H23N5OS2/c1-11(14-6-8-15(26-4)9-7-14)20-17(25)10-16-12(2)21-18-22-19(27-5)23-24(18)13(16)3/h6-9,11H,10H2,1-5H3,(H,20,25). The number of nitrogens with one attached hydrogen (secondary N) is 1. The van der Waals surface area contributed by atoms with Gasteiger partial charge in [-0.1, -0.05) is 23.9 Å². The monoisotopic (exact) mass is 401 g/mol. The van der Waals surface area contributed by atoms with Crippen molar-refractivity contribution in [2.75, 3.05) is 12.5 Å². The predicted molar refractivity (Wildman–Crippen MR) is 111 cm³/mol. The number of amides is 1. The summed E-state index contributed by atoms with van der Waals surface area (Å²) in [6.45, 7) is 5.86. The van der Waals surface area contributed by atoms with E-state index in [1.165, 1.54) is 16.7 Å². The fourth-order valence-corrected chi connectivity index (χ4v) is 3.71. The van der Waals surface area contributed by atoms with Crippen molar-refractivity contribution in [1.29, 1.82) is 0 Å². The van der Waals surface area contributed by atoms with Crippen LogP contribution in [0.3, 0.4) is 0 Å². The smallest absolute Gasteiger partial charge is 0.253 e. The fourth-order valence-electron chi connectivity index (χ4n) is 2.96. The number of fused-ring (bicyclic) bond motifs is 1. The van der Waals surface area contributed by atoms with Gasteiger partial charge in [-0.05, 0) is 51.0 Å². The molecule has 3 aromatic rings. The van der Waals surface area contributed by atoms with Gasteiger partial charge in [0.2, 0.25) is 11.1 Å². The van der Waals surface area contributed by atoms with E-state index in [2.05, 4.69) is 44.6 Å². The topological polar surface area (TPSA) is 72.2 Å². The van der Waals surface area contributed by atoms with E-state index in [-0.39, 0.29) is 18.4 Å². The first-order valence-electron chi connectivity index (χ1n) is 8.63. The van der Waals surface area contributed by atoms with Gasteiger partial charge in [-0.15, -0.1) is 16.9 Å². The molecular weight excluding hydrogens is 378 g/mol. The minimum absolute atomic E-state index is 0.0333. The summed E-state index contributed by atoms with van der Waals surface area (Å²) in [4.78, 5) is 22.7. The number of carbonyl (C=O) groups excluding carboxylic acids is 1. The van der Waals surface area contributed by atoms with Crippen LogP contribution in [0, 0.1) is 13.8 Å². The number of carbonyl (C=O) groups is 1. The van der Waals surface area contributed by atoms with Crippen molar-refractivity contribution >= 4 is 35.2 Å². The van der Waals surface area contributed by atoms with E-state index in [9.17, 15) is 4.79 Å². The first kappa shape index (κ1) is 19.7. The van der Waals surface area contributed by atoms with Crippen molar-refractivity contribution in [3.63, 3.8) is 0 Å². The van der Waals surface area contributed by atoms with Crippen molar-refractivity contribution in [3.05, 3.63) is 46.8 Å². The Morgan fingerprint density at radius 2 is 1.85 bits per heavy atom. The lowest BCUT2D eigenvalue weighted by atomic mass is 10.1.